The Morgan fingerprint density at radius 3 is 2.64 bits per heavy atom. The molecule has 1 aromatic heterocycles. The Morgan fingerprint density at radius 2 is 2.18 bits per heavy atom. The quantitative estimate of drug-likeness (QED) is 0.692. The molecule has 0 aliphatic rings. The summed E-state index contributed by atoms with van der Waals surface area (Å²) in [7, 11) is 0. The maximum absolute atomic E-state index is 3.90. The lowest BCUT2D eigenvalue weighted by Crippen LogP contribution is -2.05. The van der Waals surface area contributed by atoms with Crippen molar-refractivity contribution in [3.8, 4) is 0 Å². The highest BCUT2D eigenvalue weighted by Gasteiger charge is 2.09. The average Bonchev–Trinajstić information content (AvgIpc) is 2.32. The molecule has 0 fully saturated rings. The van der Waals surface area contributed by atoms with Crippen LogP contribution in [0, 0.1) is 5.41 Å². The molecule has 0 radical (unpaired) electrons. The van der Waals surface area contributed by atoms with Gasteiger partial charge in [0.15, 0.2) is 0 Å². The Morgan fingerprint density at radius 1 is 1.45 bits per heavy atom. The minimum Gasteiger partial charge on any atom is -0.285 e. The molecule has 1 aromatic rings. The Balaban J connectivity index is 2.35. The third-order valence-corrected chi connectivity index (χ3v) is 1.72. The SMILES string of the molecule is CC(C)(C)CCc1cn[nH]c1. The van der Waals surface area contributed by atoms with Crippen molar-refractivity contribution in [2.75, 3.05) is 0 Å². The average molecular weight is 152 g/mol. The van der Waals surface area contributed by atoms with Gasteiger partial charge in [-0.2, -0.15) is 5.10 Å². The van der Waals surface area contributed by atoms with E-state index in [0.29, 0.717) is 5.41 Å². The lowest BCUT2D eigenvalue weighted by molar-refractivity contribution is 0.378. The Hall–Kier alpha value is -0.790. The molecule has 2 heteroatoms. The van der Waals surface area contributed by atoms with E-state index < -0.39 is 0 Å². The first-order valence-electron chi connectivity index (χ1n) is 4.05. The van der Waals surface area contributed by atoms with Crippen LogP contribution in [0.25, 0.3) is 0 Å². The van der Waals surface area contributed by atoms with Crippen molar-refractivity contribution < 1.29 is 0 Å². The molecule has 0 amide bonds. The van der Waals surface area contributed by atoms with E-state index in [2.05, 4.69) is 31.0 Å². The van der Waals surface area contributed by atoms with Crippen LogP contribution >= 0.6 is 0 Å². The van der Waals surface area contributed by atoms with Crippen LogP contribution in [0.4, 0.5) is 0 Å². The number of hydrogen-bond donors (Lipinski definition) is 1. The number of aromatic nitrogens is 2. The lowest BCUT2D eigenvalue weighted by Gasteiger charge is -2.16. The topological polar surface area (TPSA) is 28.7 Å². The van der Waals surface area contributed by atoms with Crippen LogP contribution in [-0.4, -0.2) is 10.2 Å². The number of nitrogens with zero attached hydrogens (tertiary/aromatic N) is 1. The zero-order valence-corrected chi connectivity index (χ0v) is 7.52. The summed E-state index contributed by atoms with van der Waals surface area (Å²) in [5.74, 6) is 0. The number of hydrogen-bond acceptors (Lipinski definition) is 1. The predicted molar refractivity (Wildman–Crippen MR) is 46.4 cm³/mol. The van der Waals surface area contributed by atoms with Gasteiger partial charge in [0.1, 0.15) is 0 Å². The molecule has 0 unspecified atom stereocenters. The van der Waals surface area contributed by atoms with Gasteiger partial charge < -0.3 is 0 Å². The summed E-state index contributed by atoms with van der Waals surface area (Å²) in [5.41, 5.74) is 1.73. The van der Waals surface area contributed by atoms with Crippen molar-refractivity contribution in [1.29, 1.82) is 0 Å². The van der Waals surface area contributed by atoms with E-state index in [1.54, 1.807) is 0 Å². The number of rotatable bonds is 2. The smallest absolute Gasteiger partial charge is 0.0519 e. The van der Waals surface area contributed by atoms with Gasteiger partial charge in [0, 0.05) is 6.20 Å². The Kier molecular flexibility index (Phi) is 2.32. The first-order chi connectivity index (χ1) is 5.08. The lowest BCUT2D eigenvalue weighted by atomic mass is 9.89. The number of nitrogens with one attached hydrogen (secondary N) is 1. The fraction of sp³-hybridized carbons (Fsp3) is 0.667. The van der Waals surface area contributed by atoms with Gasteiger partial charge >= 0.3 is 0 Å². The third kappa shape index (κ3) is 3.21. The molecule has 11 heavy (non-hydrogen) atoms. The molecule has 0 spiro atoms. The van der Waals surface area contributed by atoms with E-state index >= 15 is 0 Å². The van der Waals surface area contributed by atoms with E-state index in [-0.39, 0.29) is 0 Å². The summed E-state index contributed by atoms with van der Waals surface area (Å²) in [6.45, 7) is 6.77. The maximum Gasteiger partial charge on any atom is 0.0519 e. The molecule has 1 rings (SSSR count). The highest BCUT2D eigenvalue weighted by atomic mass is 15.1. The van der Waals surface area contributed by atoms with E-state index in [1.807, 2.05) is 12.4 Å². The third-order valence-electron chi connectivity index (χ3n) is 1.72. The predicted octanol–water partition coefficient (Wildman–Crippen LogP) is 2.39. The van der Waals surface area contributed by atoms with Gasteiger partial charge in [-0.05, 0) is 23.8 Å². The molecule has 0 aromatic carbocycles. The highest BCUT2D eigenvalue weighted by molar-refractivity contribution is 5.02. The van der Waals surface area contributed by atoms with Gasteiger partial charge in [-0.3, -0.25) is 5.10 Å². The van der Waals surface area contributed by atoms with Crippen molar-refractivity contribution >= 4 is 0 Å². The molecule has 0 aliphatic heterocycles. The second kappa shape index (κ2) is 3.07. The van der Waals surface area contributed by atoms with E-state index in [0.717, 1.165) is 6.42 Å². The minimum atomic E-state index is 0.428. The normalized spacial score (nSPS) is 11.9. The molecule has 0 aliphatic carbocycles. The van der Waals surface area contributed by atoms with Crippen LogP contribution in [0.3, 0.4) is 0 Å². The van der Waals surface area contributed by atoms with Gasteiger partial charge in [-0.15, -0.1) is 0 Å². The van der Waals surface area contributed by atoms with Gasteiger partial charge in [-0.1, -0.05) is 20.8 Å². The molecule has 1 N–H and O–H groups in total. The van der Waals surface area contributed by atoms with Crippen LogP contribution in [0.5, 0.6) is 0 Å². The van der Waals surface area contributed by atoms with Crippen LogP contribution < -0.4 is 0 Å². The first-order valence-corrected chi connectivity index (χ1v) is 4.05. The number of aryl methyl sites for hydroxylation is 1. The molecule has 0 atom stereocenters. The van der Waals surface area contributed by atoms with Crippen molar-refractivity contribution in [2.24, 2.45) is 5.41 Å². The monoisotopic (exact) mass is 152 g/mol. The molecular weight excluding hydrogens is 136 g/mol. The van der Waals surface area contributed by atoms with Crippen molar-refractivity contribution in [1.82, 2.24) is 10.2 Å². The summed E-state index contributed by atoms with van der Waals surface area (Å²) < 4.78 is 0. The number of aromatic amines is 1. The summed E-state index contributed by atoms with van der Waals surface area (Å²) >= 11 is 0. The Bertz CT molecular complexity index is 194. The first kappa shape index (κ1) is 8.31. The zero-order valence-electron chi connectivity index (χ0n) is 7.52. The van der Waals surface area contributed by atoms with Crippen LogP contribution in [0.15, 0.2) is 12.4 Å². The maximum atomic E-state index is 3.90. The molecule has 0 bridgehead atoms. The van der Waals surface area contributed by atoms with Gasteiger partial charge in [-0.25, -0.2) is 0 Å². The Labute approximate surface area is 68.0 Å². The van der Waals surface area contributed by atoms with Crippen molar-refractivity contribution in [2.45, 2.75) is 33.6 Å². The molecule has 0 saturated heterocycles. The van der Waals surface area contributed by atoms with Gasteiger partial charge in [0.25, 0.3) is 0 Å². The van der Waals surface area contributed by atoms with Crippen molar-refractivity contribution in [3.05, 3.63) is 18.0 Å². The fourth-order valence-corrected chi connectivity index (χ4v) is 0.934. The second-order valence-corrected chi connectivity index (χ2v) is 4.17. The summed E-state index contributed by atoms with van der Waals surface area (Å²) in [5, 5.41) is 6.71. The van der Waals surface area contributed by atoms with Crippen LogP contribution in [0.1, 0.15) is 32.8 Å². The number of H-pyrrole nitrogens is 1. The van der Waals surface area contributed by atoms with Crippen LogP contribution in [-0.2, 0) is 6.42 Å². The summed E-state index contributed by atoms with van der Waals surface area (Å²) in [6, 6.07) is 0. The van der Waals surface area contributed by atoms with Crippen LogP contribution in [0.2, 0.25) is 0 Å². The molecule has 0 saturated carbocycles. The largest absolute Gasteiger partial charge is 0.285 e. The molecule has 62 valence electrons. The highest BCUT2D eigenvalue weighted by Crippen LogP contribution is 2.20. The van der Waals surface area contributed by atoms with Gasteiger partial charge in [0.2, 0.25) is 0 Å². The zero-order chi connectivity index (χ0) is 8.32. The second-order valence-electron chi connectivity index (χ2n) is 4.17. The summed E-state index contributed by atoms with van der Waals surface area (Å²) in [4.78, 5) is 0. The molecule has 1 heterocycles. The standard InChI is InChI=1S/C9H16N2/c1-9(2,3)5-4-8-6-10-11-7-8/h6-7H,4-5H2,1-3H3,(H,10,11). The minimum absolute atomic E-state index is 0.428. The molecular formula is C9H16N2. The fourth-order valence-electron chi connectivity index (χ4n) is 0.934. The molecule has 2 nitrogen and oxygen atoms in total. The van der Waals surface area contributed by atoms with Crippen molar-refractivity contribution in [3.63, 3.8) is 0 Å². The summed E-state index contributed by atoms with van der Waals surface area (Å²) in [6.07, 6.45) is 6.20. The van der Waals surface area contributed by atoms with E-state index in [9.17, 15) is 0 Å². The van der Waals surface area contributed by atoms with Gasteiger partial charge in [0.05, 0.1) is 6.20 Å². The van der Waals surface area contributed by atoms with E-state index in [1.165, 1.54) is 12.0 Å². The van der Waals surface area contributed by atoms with E-state index in [4.69, 9.17) is 0 Å².